The summed E-state index contributed by atoms with van der Waals surface area (Å²) in [6.45, 7) is 2.08. The zero-order chi connectivity index (χ0) is 16.3. The third-order valence-electron chi connectivity index (χ3n) is 4.04. The van der Waals surface area contributed by atoms with Crippen molar-refractivity contribution in [1.82, 2.24) is 15.5 Å². The van der Waals surface area contributed by atoms with Crippen LogP contribution in [0.25, 0.3) is 0 Å². The number of nitrogens with zero attached hydrogens (tertiary/aromatic N) is 1. The minimum absolute atomic E-state index is 0.165. The molecular weight excluding hydrogens is 285 g/mol. The molecule has 0 saturated heterocycles. The molecule has 1 aliphatic rings. The first-order valence-corrected chi connectivity index (χ1v) is 7.36. The van der Waals surface area contributed by atoms with Gasteiger partial charge in [0.25, 0.3) is 0 Å². The molecule has 5 nitrogen and oxygen atoms in total. The molecule has 3 amide bonds. The summed E-state index contributed by atoms with van der Waals surface area (Å²) in [5.74, 6) is -0.431. The zero-order valence-electron chi connectivity index (χ0n) is 13.1. The van der Waals surface area contributed by atoms with Crippen LogP contribution in [0.2, 0.25) is 0 Å². The Balaban J connectivity index is 1.88. The van der Waals surface area contributed by atoms with Crippen molar-refractivity contribution in [3.8, 4) is 0 Å². The number of hydrogen-bond acceptors (Lipinski definition) is 2. The first-order valence-electron chi connectivity index (χ1n) is 7.36. The van der Waals surface area contributed by atoms with Gasteiger partial charge in [-0.25, -0.2) is 9.18 Å². The molecule has 1 atom stereocenters. The van der Waals surface area contributed by atoms with Crippen molar-refractivity contribution in [2.45, 2.75) is 31.2 Å². The smallest absolute Gasteiger partial charge is 0.315 e. The van der Waals surface area contributed by atoms with Crippen molar-refractivity contribution in [2.75, 3.05) is 20.6 Å². The van der Waals surface area contributed by atoms with E-state index < -0.39 is 6.04 Å². The van der Waals surface area contributed by atoms with Gasteiger partial charge in [-0.1, -0.05) is 12.1 Å². The van der Waals surface area contributed by atoms with Crippen molar-refractivity contribution >= 4 is 11.9 Å². The fourth-order valence-electron chi connectivity index (χ4n) is 2.48. The molecule has 1 aromatic carbocycles. The molecular formula is C16H22FN3O2. The number of carbonyl (C=O) groups excluding carboxylic acids is 2. The Morgan fingerprint density at radius 2 is 2.05 bits per heavy atom. The van der Waals surface area contributed by atoms with Gasteiger partial charge in [-0.15, -0.1) is 0 Å². The van der Waals surface area contributed by atoms with Crippen LogP contribution in [0.15, 0.2) is 24.3 Å². The van der Waals surface area contributed by atoms with Gasteiger partial charge in [0.15, 0.2) is 0 Å². The molecule has 1 aromatic rings. The Labute approximate surface area is 129 Å². The average Bonchev–Trinajstić information content (AvgIpc) is 3.25. The molecule has 22 heavy (non-hydrogen) atoms. The van der Waals surface area contributed by atoms with Crippen LogP contribution in [-0.4, -0.2) is 43.5 Å². The van der Waals surface area contributed by atoms with E-state index in [4.69, 9.17) is 0 Å². The van der Waals surface area contributed by atoms with Gasteiger partial charge in [0, 0.05) is 26.1 Å². The number of benzene rings is 1. The van der Waals surface area contributed by atoms with Crippen LogP contribution in [-0.2, 0) is 10.2 Å². The van der Waals surface area contributed by atoms with E-state index in [1.807, 2.05) is 6.07 Å². The monoisotopic (exact) mass is 307 g/mol. The molecule has 0 bridgehead atoms. The highest BCUT2D eigenvalue weighted by molar-refractivity contribution is 5.86. The Kier molecular flexibility index (Phi) is 4.68. The van der Waals surface area contributed by atoms with E-state index in [0.29, 0.717) is 6.54 Å². The summed E-state index contributed by atoms with van der Waals surface area (Å²) in [4.78, 5) is 25.0. The maximum atomic E-state index is 13.3. The fraction of sp³-hybridized carbons (Fsp3) is 0.500. The molecule has 6 heteroatoms. The fourth-order valence-corrected chi connectivity index (χ4v) is 2.48. The Bertz CT molecular complexity index is 570. The molecule has 1 fully saturated rings. The lowest BCUT2D eigenvalue weighted by Gasteiger charge is -2.20. The SMILES string of the molecule is CC(NC(=O)NCC1(c2cccc(F)c2)CC1)C(=O)N(C)C. The van der Waals surface area contributed by atoms with Crippen LogP contribution < -0.4 is 10.6 Å². The first-order chi connectivity index (χ1) is 10.3. The highest BCUT2D eigenvalue weighted by Gasteiger charge is 2.44. The summed E-state index contributed by atoms with van der Waals surface area (Å²) in [6, 6.07) is 5.53. The lowest BCUT2D eigenvalue weighted by Crippen LogP contribution is -2.49. The van der Waals surface area contributed by atoms with Crippen molar-refractivity contribution < 1.29 is 14.0 Å². The van der Waals surface area contributed by atoms with E-state index in [1.54, 1.807) is 27.1 Å². The molecule has 2 rings (SSSR count). The summed E-state index contributed by atoms with van der Waals surface area (Å²) >= 11 is 0. The third kappa shape index (κ3) is 3.75. The van der Waals surface area contributed by atoms with E-state index in [9.17, 15) is 14.0 Å². The molecule has 0 spiro atoms. The highest BCUT2D eigenvalue weighted by atomic mass is 19.1. The summed E-state index contributed by atoms with van der Waals surface area (Å²) in [5, 5.41) is 5.39. The lowest BCUT2D eigenvalue weighted by molar-refractivity contribution is -0.130. The zero-order valence-corrected chi connectivity index (χ0v) is 13.1. The van der Waals surface area contributed by atoms with Gasteiger partial charge in [0.05, 0.1) is 0 Å². The van der Waals surface area contributed by atoms with Crippen molar-refractivity contribution in [3.05, 3.63) is 35.6 Å². The number of halogens is 1. The summed E-state index contributed by atoms with van der Waals surface area (Å²) in [7, 11) is 3.28. The van der Waals surface area contributed by atoms with Gasteiger partial charge >= 0.3 is 6.03 Å². The second kappa shape index (κ2) is 6.34. The number of likely N-dealkylation sites (N-methyl/N-ethyl adjacent to an activating group) is 1. The normalized spacial score (nSPS) is 16.5. The number of amides is 3. The molecule has 1 saturated carbocycles. The maximum absolute atomic E-state index is 13.3. The van der Waals surface area contributed by atoms with Crippen molar-refractivity contribution in [1.29, 1.82) is 0 Å². The van der Waals surface area contributed by atoms with Crippen molar-refractivity contribution in [3.63, 3.8) is 0 Å². The number of urea groups is 1. The molecule has 0 aromatic heterocycles. The summed E-state index contributed by atoms with van der Waals surface area (Å²) < 4.78 is 13.3. The molecule has 0 radical (unpaired) electrons. The third-order valence-corrected chi connectivity index (χ3v) is 4.04. The molecule has 0 heterocycles. The predicted octanol–water partition coefficient (Wildman–Crippen LogP) is 1.63. The maximum Gasteiger partial charge on any atom is 0.315 e. The van der Waals surface area contributed by atoms with Crippen LogP contribution in [0.5, 0.6) is 0 Å². The topological polar surface area (TPSA) is 61.4 Å². The lowest BCUT2D eigenvalue weighted by atomic mass is 9.96. The van der Waals surface area contributed by atoms with Crippen LogP contribution in [0.4, 0.5) is 9.18 Å². The average molecular weight is 307 g/mol. The van der Waals surface area contributed by atoms with Gasteiger partial charge in [-0.2, -0.15) is 0 Å². The molecule has 2 N–H and O–H groups in total. The molecule has 1 aliphatic carbocycles. The van der Waals surface area contributed by atoms with Crippen LogP contribution in [0.1, 0.15) is 25.3 Å². The second-order valence-electron chi connectivity index (χ2n) is 6.07. The Morgan fingerprint density at radius 3 is 2.59 bits per heavy atom. The van der Waals surface area contributed by atoms with Crippen LogP contribution in [0, 0.1) is 5.82 Å². The van der Waals surface area contributed by atoms with Gasteiger partial charge in [-0.3, -0.25) is 4.79 Å². The number of hydrogen-bond donors (Lipinski definition) is 2. The molecule has 120 valence electrons. The highest BCUT2D eigenvalue weighted by Crippen LogP contribution is 2.47. The van der Waals surface area contributed by atoms with Crippen LogP contribution >= 0.6 is 0 Å². The van der Waals surface area contributed by atoms with Gasteiger partial charge < -0.3 is 15.5 Å². The Hall–Kier alpha value is -2.11. The molecule has 1 unspecified atom stereocenters. The largest absolute Gasteiger partial charge is 0.347 e. The minimum Gasteiger partial charge on any atom is -0.347 e. The number of rotatable bonds is 5. The summed E-state index contributed by atoms with van der Waals surface area (Å²) in [6.07, 6.45) is 1.84. The van der Waals surface area contributed by atoms with E-state index in [-0.39, 0.29) is 23.2 Å². The summed E-state index contributed by atoms with van der Waals surface area (Å²) in [5.41, 5.74) is 0.735. The quantitative estimate of drug-likeness (QED) is 0.868. The van der Waals surface area contributed by atoms with E-state index in [2.05, 4.69) is 10.6 Å². The Morgan fingerprint density at radius 1 is 1.36 bits per heavy atom. The number of carbonyl (C=O) groups is 2. The standard InChI is InChI=1S/C16H22FN3O2/c1-11(14(21)20(2)3)19-15(22)18-10-16(7-8-16)12-5-4-6-13(17)9-12/h4-6,9,11H,7-8,10H2,1-3H3,(H2,18,19,22). The van der Waals surface area contributed by atoms with Gasteiger partial charge in [-0.05, 0) is 37.5 Å². The van der Waals surface area contributed by atoms with Crippen molar-refractivity contribution in [2.24, 2.45) is 0 Å². The first kappa shape index (κ1) is 16.3. The van der Waals surface area contributed by atoms with Gasteiger partial charge in [0.2, 0.25) is 5.91 Å². The van der Waals surface area contributed by atoms with E-state index in [0.717, 1.165) is 18.4 Å². The van der Waals surface area contributed by atoms with Gasteiger partial charge in [0.1, 0.15) is 11.9 Å². The second-order valence-corrected chi connectivity index (χ2v) is 6.07. The van der Waals surface area contributed by atoms with Crippen LogP contribution in [0.3, 0.4) is 0 Å². The van der Waals surface area contributed by atoms with E-state index in [1.165, 1.54) is 17.0 Å². The minimum atomic E-state index is -0.584. The predicted molar refractivity (Wildman–Crippen MR) is 82.0 cm³/mol. The van der Waals surface area contributed by atoms with E-state index >= 15 is 0 Å². The molecule has 0 aliphatic heterocycles. The number of nitrogens with one attached hydrogen (secondary N) is 2.